The molecule has 506 valence electrons. The van der Waals surface area contributed by atoms with Crippen LogP contribution in [0.4, 0.5) is 0 Å². The van der Waals surface area contributed by atoms with Crippen LogP contribution in [0, 0.1) is 17.8 Å². The van der Waals surface area contributed by atoms with Crippen molar-refractivity contribution in [3.8, 4) is 0 Å². The molecule has 0 amide bonds. The highest BCUT2D eigenvalue weighted by molar-refractivity contribution is 7.47. The molecule has 0 fully saturated rings. The molecule has 0 saturated carbocycles. The molecule has 0 aliphatic heterocycles. The second kappa shape index (κ2) is 57.7. The van der Waals surface area contributed by atoms with E-state index in [1.54, 1.807) is 0 Å². The molecule has 0 aromatic rings. The highest BCUT2D eigenvalue weighted by Crippen LogP contribution is 2.45. The number of rotatable bonds is 63. The highest BCUT2D eigenvalue weighted by Gasteiger charge is 2.30. The van der Waals surface area contributed by atoms with Gasteiger partial charge in [0.1, 0.15) is 19.3 Å². The van der Waals surface area contributed by atoms with E-state index < -0.39 is 97.5 Å². The smallest absolute Gasteiger partial charge is 0.462 e. The van der Waals surface area contributed by atoms with E-state index in [0.717, 1.165) is 121 Å². The molecule has 0 rings (SSSR count). The van der Waals surface area contributed by atoms with Crippen LogP contribution in [0.15, 0.2) is 24.3 Å². The van der Waals surface area contributed by atoms with Gasteiger partial charge in [0.25, 0.3) is 0 Å². The number of allylic oxidation sites excluding steroid dienone is 4. The second-order valence-corrected chi connectivity index (χ2v) is 27.6. The number of unbranched alkanes of at least 4 members (excludes halogenated alkanes) is 27. The van der Waals surface area contributed by atoms with Gasteiger partial charge < -0.3 is 33.8 Å². The first kappa shape index (κ1) is 83.5. The van der Waals surface area contributed by atoms with Crippen molar-refractivity contribution in [1.82, 2.24) is 0 Å². The largest absolute Gasteiger partial charge is 0.472 e. The van der Waals surface area contributed by atoms with E-state index >= 15 is 0 Å². The van der Waals surface area contributed by atoms with Crippen LogP contribution >= 0.6 is 15.6 Å². The summed E-state index contributed by atoms with van der Waals surface area (Å²) < 4.78 is 68.0. The van der Waals surface area contributed by atoms with E-state index in [4.69, 9.17) is 37.0 Å². The fourth-order valence-electron chi connectivity index (χ4n) is 9.44. The van der Waals surface area contributed by atoms with Crippen LogP contribution in [0.25, 0.3) is 0 Å². The number of phosphoric ester groups is 2. The lowest BCUT2D eigenvalue weighted by molar-refractivity contribution is -0.161. The Morgan fingerprint density at radius 2 is 0.686 bits per heavy atom. The summed E-state index contributed by atoms with van der Waals surface area (Å²) in [7, 11) is -9.91. The van der Waals surface area contributed by atoms with E-state index in [0.29, 0.717) is 31.6 Å². The van der Waals surface area contributed by atoms with Crippen molar-refractivity contribution >= 4 is 39.5 Å². The summed E-state index contributed by atoms with van der Waals surface area (Å²) in [5, 5.41) is 10.6. The minimum atomic E-state index is -4.96. The van der Waals surface area contributed by atoms with Crippen LogP contribution in [-0.2, 0) is 65.4 Å². The fraction of sp³-hybridized carbons (Fsp3) is 0.881. The van der Waals surface area contributed by atoms with Crippen molar-refractivity contribution in [2.24, 2.45) is 17.8 Å². The number of aliphatic hydroxyl groups excluding tert-OH is 1. The third-order valence-corrected chi connectivity index (χ3v) is 17.0. The molecule has 0 heterocycles. The van der Waals surface area contributed by atoms with E-state index in [2.05, 4.69) is 72.8 Å². The molecule has 17 nitrogen and oxygen atoms in total. The second-order valence-electron chi connectivity index (χ2n) is 24.7. The molecule has 4 unspecified atom stereocenters. The Hall–Kier alpha value is -2.46. The van der Waals surface area contributed by atoms with Crippen molar-refractivity contribution in [2.45, 2.75) is 324 Å². The molecule has 19 heteroatoms. The average Bonchev–Trinajstić information content (AvgIpc) is 3.60. The van der Waals surface area contributed by atoms with Gasteiger partial charge in [-0.05, 0) is 69.1 Å². The predicted octanol–water partition coefficient (Wildman–Crippen LogP) is 18.2. The molecule has 86 heavy (non-hydrogen) atoms. The van der Waals surface area contributed by atoms with Crippen molar-refractivity contribution < 1.29 is 80.2 Å². The van der Waals surface area contributed by atoms with Crippen LogP contribution in [0.1, 0.15) is 305 Å². The summed E-state index contributed by atoms with van der Waals surface area (Å²) in [4.78, 5) is 72.3. The van der Waals surface area contributed by atoms with Gasteiger partial charge in [0.15, 0.2) is 12.2 Å². The van der Waals surface area contributed by atoms with Gasteiger partial charge in [0.2, 0.25) is 0 Å². The first-order chi connectivity index (χ1) is 41.3. The molecule has 0 aliphatic carbocycles. The van der Waals surface area contributed by atoms with E-state index in [1.165, 1.54) is 96.3 Å². The third-order valence-electron chi connectivity index (χ3n) is 15.1. The number of aliphatic hydroxyl groups is 1. The van der Waals surface area contributed by atoms with Crippen LogP contribution in [0.3, 0.4) is 0 Å². The van der Waals surface area contributed by atoms with Gasteiger partial charge in [-0.1, -0.05) is 253 Å². The van der Waals surface area contributed by atoms with E-state index in [9.17, 15) is 43.2 Å². The Bertz CT molecular complexity index is 1790. The van der Waals surface area contributed by atoms with Crippen LogP contribution < -0.4 is 0 Å². The average molecular weight is 1270 g/mol. The van der Waals surface area contributed by atoms with Crippen LogP contribution in [0.5, 0.6) is 0 Å². The summed E-state index contributed by atoms with van der Waals surface area (Å²) in [6, 6.07) is 0. The zero-order chi connectivity index (χ0) is 63.8. The summed E-state index contributed by atoms with van der Waals surface area (Å²) in [6.45, 7) is 11.6. The lowest BCUT2D eigenvalue weighted by atomic mass is 10.00. The number of hydrogen-bond donors (Lipinski definition) is 3. The maximum Gasteiger partial charge on any atom is 0.472 e. The summed E-state index contributed by atoms with van der Waals surface area (Å²) >= 11 is 0. The number of ether oxygens (including phenoxy) is 4. The lowest BCUT2D eigenvalue weighted by Crippen LogP contribution is -2.30. The zero-order valence-corrected chi connectivity index (χ0v) is 57.0. The molecule has 0 aliphatic rings. The topological polar surface area (TPSA) is 237 Å². The quantitative estimate of drug-likeness (QED) is 0.0169. The monoisotopic (exact) mass is 1260 g/mol. The molecule has 0 radical (unpaired) electrons. The number of phosphoric acid groups is 2. The Labute approximate surface area is 522 Å². The maximum atomic E-state index is 13.0. The normalized spacial score (nSPS) is 14.8. The van der Waals surface area contributed by atoms with Crippen molar-refractivity contribution in [3.63, 3.8) is 0 Å². The molecule has 0 bridgehead atoms. The van der Waals surface area contributed by atoms with E-state index in [-0.39, 0.29) is 25.7 Å². The van der Waals surface area contributed by atoms with Crippen molar-refractivity contribution in [2.75, 3.05) is 39.6 Å². The van der Waals surface area contributed by atoms with Crippen molar-refractivity contribution in [1.29, 1.82) is 0 Å². The molecule has 6 atom stereocenters. The first-order valence-corrected chi connectivity index (χ1v) is 37.2. The Balaban J connectivity index is 5.28. The molecular weight excluding hydrogens is 1140 g/mol. The van der Waals surface area contributed by atoms with Gasteiger partial charge in [0, 0.05) is 25.7 Å². The highest BCUT2D eigenvalue weighted by atomic mass is 31.2. The SMILES string of the molecule is CCCCCC/C=C\C=C/CCCCCCCC(=O)O[C@H](COC(=O)CCCCCCCCCC(C)C)COP(=O)(O)OCC(O)COP(=O)(O)OC[C@@H](COC(=O)CCCCCCCCCCC(C)C)OC(=O)CCCCCCCCC(C)CC. The molecule has 0 saturated heterocycles. The van der Waals surface area contributed by atoms with Gasteiger partial charge >= 0.3 is 39.5 Å². The number of carbonyl (C=O) groups is 4. The lowest BCUT2D eigenvalue weighted by Gasteiger charge is -2.21. The van der Waals surface area contributed by atoms with Crippen LogP contribution in [-0.4, -0.2) is 96.7 Å². The summed E-state index contributed by atoms with van der Waals surface area (Å²) in [5.41, 5.74) is 0. The Morgan fingerprint density at radius 1 is 0.384 bits per heavy atom. The summed E-state index contributed by atoms with van der Waals surface area (Å²) in [6.07, 6.45) is 42.7. The van der Waals surface area contributed by atoms with Crippen molar-refractivity contribution in [3.05, 3.63) is 24.3 Å². The number of carbonyl (C=O) groups excluding carboxylic acids is 4. The fourth-order valence-corrected chi connectivity index (χ4v) is 11.0. The number of esters is 4. The minimum absolute atomic E-state index is 0.0835. The molecule has 0 aromatic carbocycles. The standard InChI is InChI=1S/C67H126O17P2/c1-8-10-11-12-13-14-15-16-17-18-19-20-27-36-43-50-66(71)83-62(54-78-65(70)49-42-35-28-23-25-32-39-46-59(5)6)56-81-85(73,74)79-52-61(68)53-80-86(75,76)82-57-63(84-67(72)51-44-37-30-29-33-40-47-60(7)9-2)55-77-64(69)48-41-34-26-22-21-24-31-38-45-58(3)4/h14-17,58-63,68H,8-13,18-57H2,1-7H3,(H,73,74)(H,75,76)/b15-14-,17-16-/t60?,61?,62-,63-/m1/s1. The molecule has 0 aromatic heterocycles. The van der Waals surface area contributed by atoms with Gasteiger partial charge in [-0.15, -0.1) is 0 Å². The molecular formula is C67H126O17P2. The van der Waals surface area contributed by atoms with Gasteiger partial charge in [0.05, 0.1) is 26.4 Å². The Kier molecular flexibility index (Phi) is 56.0. The summed E-state index contributed by atoms with van der Waals surface area (Å²) in [5.74, 6) is -0.0214. The minimum Gasteiger partial charge on any atom is -0.462 e. The third kappa shape index (κ3) is 59.2. The zero-order valence-electron chi connectivity index (χ0n) is 55.3. The Morgan fingerprint density at radius 3 is 1.03 bits per heavy atom. The van der Waals surface area contributed by atoms with Crippen LogP contribution in [0.2, 0.25) is 0 Å². The molecule has 3 N–H and O–H groups in total. The van der Waals surface area contributed by atoms with E-state index in [1.807, 2.05) is 0 Å². The molecule has 0 spiro atoms. The van der Waals surface area contributed by atoms with Gasteiger partial charge in [-0.2, -0.15) is 0 Å². The van der Waals surface area contributed by atoms with Gasteiger partial charge in [-0.3, -0.25) is 37.3 Å². The first-order valence-electron chi connectivity index (χ1n) is 34.2. The van der Waals surface area contributed by atoms with Gasteiger partial charge in [-0.25, -0.2) is 9.13 Å². The number of hydrogen-bond acceptors (Lipinski definition) is 15. The predicted molar refractivity (Wildman–Crippen MR) is 344 cm³/mol. The maximum absolute atomic E-state index is 13.0.